The highest BCUT2D eigenvalue weighted by atomic mass is 16.6. The molecule has 0 amide bonds. The molecule has 6 nitrogen and oxygen atoms in total. The van der Waals surface area contributed by atoms with Crippen LogP contribution in [0.15, 0.2) is 30.3 Å². The van der Waals surface area contributed by atoms with E-state index in [1.807, 2.05) is 12.1 Å². The van der Waals surface area contributed by atoms with E-state index in [0.29, 0.717) is 12.1 Å². The Hall–Kier alpha value is -2.21. The average molecular weight is 286 g/mol. The van der Waals surface area contributed by atoms with Gasteiger partial charge >= 0.3 is 0 Å². The van der Waals surface area contributed by atoms with Crippen molar-refractivity contribution in [1.29, 1.82) is 0 Å². The van der Waals surface area contributed by atoms with Crippen molar-refractivity contribution >= 4 is 22.4 Å². The number of fused-ring (bicyclic) bond motifs is 1. The van der Waals surface area contributed by atoms with Gasteiger partial charge < -0.3 is 10.6 Å². The summed E-state index contributed by atoms with van der Waals surface area (Å²) < 4.78 is 0. The smallest absolute Gasteiger partial charge is 0.270 e. The molecule has 2 N–H and O–H groups in total. The van der Waals surface area contributed by atoms with Crippen molar-refractivity contribution in [2.75, 3.05) is 11.9 Å². The lowest BCUT2D eigenvalue weighted by atomic mass is 10.0. The van der Waals surface area contributed by atoms with Crippen molar-refractivity contribution in [2.45, 2.75) is 31.8 Å². The molecule has 1 aliphatic heterocycles. The summed E-state index contributed by atoms with van der Waals surface area (Å²) in [5.41, 5.74) is 0.866. The van der Waals surface area contributed by atoms with E-state index in [-0.39, 0.29) is 10.6 Å². The van der Waals surface area contributed by atoms with Crippen molar-refractivity contribution in [3.05, 3.63) is 40.4 Å². The Bertz CT molecular complexity index is 674. The van der Waals surface area contributed by atoms with E-state index in [4.69, 9.17) is 0 Å². The third-order valence-electron chi connectivity index (χ3n) is 3.86. The molecule has 1 aromatic heterocycles. The molecular formula is C15H18N4O2. The Morgan fingerprint density at radius 2 is 2.24 bits per heavy atom. The molecule has 2 unspecified atom stereocenters. The molecule has 0 spiro atoms. The van der Waals surface area contributed by atoms with Crippen LogP contribution in [0.1, 0.15) is 19.8 Å². The molecule has 21 heavy (non-hydrogen) atoms. The second-order valence-electron chi connectivity index (χ2n) is 5.55. The second-order valence-corrected chi connectivity index (χ2v) is 5.55. The number of benzene rings is 1. The maximum Gasteiger partial charge on any atom is 0.270 e. The SMILES string of the molecule is CC1CC(Nc2ccc3cc([N+](=O)[O-])ccc3n2)CCN1. The van der Waals surface area contributed by atoms with E-state index < -0.39 is 0 Å². The number of nitrogens with one attached hydrogen (secondary N) is 2. The molecule has 3 rings (SSSR count). The number of pyridine rings is 1. The van der Waals surface area contributed by atoms with E-state index in [1.165, 1.54) is 6.07 Å². The first kappa shape index (κ1) is 13.8. The lowest BCUT2D eigenvalue weighted by molar-refractivity contribution is -0.384. The molecule has 110 valence electrons. The van der Waals surface area contributed by atoms with Gasteiger partial charge in [-0.15, -0.1) is 0 Å². The number of non-ortho nitro benzene ring substituents is 1. The van der Waals surface area contributed by atoms with Gasteiger partial charge in [0, 0.05) is 29.6 Å². The van der Waals surface area contributed by atoms with Gasteiger partial charge in [0.05, 0.1) is 10.4 Å². The number of nitrogens with zero attached hydrogens (tertiary/aromatic N) is 2. The Morgan fingerprint density at radius 1 is 1.38 bits per heavy atom. The average Bonchev–Trinajstić information content (AvgIpc) is 2.46. The number of nitro benzene ring substituents is 1. The summed E-state index contributed by atoms with van der Waals surface area (Å²) in [6.07, 6.45) is 2.14. The van der Waals surface area contributed by atoms with E-state index in [0.717, 1.165) is 36.1 Å². The molecule has 0 bridgehead atoms. The lowest BCUT2D eigenvalue weighted by Gasteiger charge is -2.29. The van der Waals surface area contributed by atoms with Gasteiger partial charge in [0.2, 0.25) is 0 Å². The Labute approximate surface area is 122 Å². The number of rotatable bonds is 3. The fourth-order valence-corrected chi connectivity index (χ4v) is 2.78. The molecule has 1 saturated heterocycles. The second kappa shape index (κ2) is 5.65. The number of nitro groups is 1. The quantitative estimate of drug-likeness (QED) is 0.670. The summed E-state index contributed by atoms with van der Waals surface area (Å²) in [5.74, 6) is 0.829. The molecule has 1 fully saturated rings. The van der Waals surface area contributed by atoms with E-state index in [1.54, 1.807) is 12.1 Å². The molecule has 2 atom stereocenters. The Balaban J connectivity index is 1.81. The van der Waals surface area contributed by atoms with Crippen LogP contribution in [0.4, 0.5) is 11.5 Å². The van der Waals surface area contributed by atoms with Crippen molar-refractivity contribution in [3.63, 3.8) is 0 Å². The van der Waals surface area contributed by atoms with Crippen molar-refractivity contribution < 1.29 is 4.92 Å². The summed E-state index contributed by atoms with van der Waals surface area (Å²) in [6, 6.07) is 9.44. The number of aromatic nitrogens is 1. The summed E-state index contributed by atoms with van der Waals surface area (Å²) in [6.45, 7) is 3.19. The van der Waals surface area contributed by atoms with Crippen LogP contribution in [-0.2, 0) is 0 Å². The van der Waals surface area contributed by atoms with Gasteiger partial charge in [0.25, 0.3) is 5.69 Å². The maximum atomic E-state index is 10.8. The fourth-order valence-electron chi connectivity index (χ4n) is 2.78. The van der Waals surface area contributed by atoms with Crippen LogP contribution in [0.2, 0.25) is 0 Å². The maximum absolute atomic E-state index is 10.8. The minimum atomic E-state index is -0.387. The number of hydrogen-bond donors (Lipinski definition) is 2. The van der Waals surface area contributed by atoms with E-state index in [9.17, 15) is 10.1 Å². The molecule has 0 aliphatic carbocycles. The highest BCUT2D eigenvalue weighted by molar-refractivity contribution is 5.82. The van der Waals surface area contributed by atoms with Gasteiger partial charge in [-0.3, -0.25) is 10.1 Å². The van der Waals surface area contributed by atoms with Crippen LogP contribution in [-0.4, -0.2) is 28.5 Å². The Kier molecular flexibility index (Phi) is 3.70. The van der Waals surface area contributed by atoms with E-state index in [2.05, 4.69) is 22.5 Å². The highest BCUT2D eigenvalue weighted by Gasteiger charge is 2.18. The van der Waals surface area contributed by atoms with Crippen molar-refractivity contribution in [3.8, 4) is 0 Å². The molecular weight excluding hydrogens is 268 g/mol. The molecule has 2 aromatic rings. The zero-order chi connectivity index (χ0) is 14.8. The minimum absolute atomic E-state index is 0.0946. The molecule has 2 heterocycles. The normalized spacial score (nSPS) is 22.1. The molecule has 0 saturated carbocycles. The lowest BCUT2D eigenvalue weighted by Crippen LogP contribution is -2.41. The predicted octanol–water partition coefficient (Wildman–Crippen LogP) is 2.70. The summed E-state index contributed by atoms with van der Waals surface area (Å²) in [4.78, 5) is 14.9. The van der Waals surface area contributed by atoms with Crippen LogP contribution < -0.4 is 10.6 Å². The standard InChI is InChI=1S/C15H18N4O2/c1-10-8-12(6-7-16-10)17-15-5-2-11-9-13(19(20)21)3-4-14(11)18-15/h2-5,9-10,12,16H,6-8H2,1H3,(H,17,18). The highest BCUT2D eigenvalue weighted by Crippen LogP contribution is 2.22. The predicted molar refractivity (Wildman–Crippen MR) is 82.5 cm³/mol. The van der Waals surface area contributed by atoms with Crippen molar-refractivity contribution in [2.24, 2.45) is 0 Å². The minimum Gasteiger partial charge on any atom is -0.367 e. The third kappa shape index (κ3) is 3.11. The van der Waals surface area contributed by atoms with Gasteiger partial charge in [0.15, 0.2) is 0 Å². The molecule has 6 heteroatoms. The van der Waals surface area contributed by atoms with Gasteiger partial charge in [-0.05, 0) is 44.5 Å². The van der Waals surface area contributed by atoms with Gasteiger partial charge in [0.1, 0.15) is 5.82 Å². The van der Waals surface area contributed by atoms with Crippen molar-refractivity contribution in [1.82, 2.24) is 10.3 Å². The van der Waals surface area contributed by atoms with Crippen LogP contribution in [0.3, 0.4) is 0 Å². The first-order valence-electron chi connectivity index (χ1n) is 7.17. The largest absolute Gasteiger partial charge is 0.367 e. The zero-order valence-electron chi connectivity index (χ0n) is 11.9. The fraction of sp³-hybridized carbons (Fsp3) is 0.400. The summed E-state index contributed by atoms with van der Waals surface area (Å²) in [7, 11) is 0. The van der Waals surface area contributed by atoms with Gasteiger partial charge in [-0.2, -0.15) is 0 Å². The molecule has 0 radical (unpaired) electrons. The number of hydrogen-bond acceptors (Lipinski definition) is 5. The Morgan fingerprint density at radius 3 is 3.00 bits per heavy atom. The third-order valence-corrected chi connectivity index (χ3v) is 3.86. The topological polar surface area (TPSA) is 80.1 Å². The van der Waals surface area contributed by atoms with Gasteiger partial charge in [-0.1, -0.05) is 0 Å². The monoisotopic (exact) mass is 286 g/mol. The van der Waals surface area contributed by atoms with Gasteiger partial charge in [-0.25, -0.2) is 4.98 Å². The number of piperidine rings is 1. The van der Waals surface area contributed by atoms with Crippen LogP contribution in [0, 0.1) is 10.1 Å². The summed E-state index contributed by atoms with van der Waals surface area (Å²) in [5, 5.41) is 18.4. The summed E-state index contributed by atoms with van der Waals surface area (Å²) >= 11 is 0. The molecule has 1 aromatic carbocycles. The van der Waals surface area contributed by atoms with Crippen LogP contribution in [0.5, 0.6) is 0 Å². The molecule has 1 aliphatic rings. The van der Waals surface area contributed by atoms with Crippen LogP contribution >= 0.6 is 0 Å². The zero-order valence-corrected chi connectivity index (χ0v) is 11.9. The van der Waals surface area contributed by atoms with Crippen LogP contribution in [0.25, 0.3) is 10.9 Å². The number of anilines is 1. The van der Waals surface area contributed by atoms with E-state index >= 15 is 0 Å². The first-order chi connectivity index (χ1) is 10.1. The first-order valence-corrected chi connectivity index (χ1v) is 7.17.